The average molecular weight is 549 g/mol. The van der Waals surface area contributed by atoms with Crippen LogP contribution < -0.4 is 10.2 Å². The molecule has 7 rings (SSSR count). The van der Waals surface area contributed by atoms with Crippen LogP contribution in [0.2, 0.25) is 0 Å². The number of halogens is 1. The van der Waals surface area contributed by atoms with E-state index in [1.54, 1.807) is 18.5 Å². The van der Waals surface area contributed by atoms with Gasteiger partial charge < -0.3 is 20.1 Å². The number of anilines is 1. The lowest BCUT2D eigenvalue weighted by molar-refractivity contribution is 0.402. The third-order valence-electron chi connectivity index (χ3n) is 7.34. The zero-order chi connectivity index (χ0) is 27.9. The number of benzene rings is 1. The van der Waals surface area contributed by atoms with Crippen LogP contribution in [0.5, 0.6) is 0 Å². The summed E-state index contributed by atoms with van der Waals surface area (Å²) in [6.07, 6.45) is 9.01. The molecule has 206 valence electrons. The second-order valence-electron chi connectivity index (χ2n) is 10.6. The van der Waals surface area contributed by atoms with Gasteiger partial charge in [0.2, 0.25) is 0 Å². The molecule has 0 saturated carbocycles. The highest BCUT2D eigenvalue weighted by molar-refractivity contribution is 5.97. The number of aromatic amines is 2. The van der Waals surface area contributed by atoms with Crippen LogP contribution in [-0.2, 0) is 6.54 Å². The SMILES string of the molecule is CN(C)Cc1cncc(-c2cnc3[nH]nc(-c4nc5c(-c6cc(F)cc(N7CCNCC7)c6)cncc5[nH]4)c3c2)c1. The van der Waals surface area contributed by atoms with Gasteiger partial charge in [0, 0.05) is 79.9 Å². The summed E-state index contributed by atoms with van der Waals surface area (Å²) in [5, 5.41) is 11.8. The molecule has 6 heterocycles. The molecule has 1 aromatic carbocycles. The Balaban J connectivity index is 1.29. The maximum atomic E-state index is 14.8. The van der Waals surface area contributed by atoms with E-state index in [-0.39, 0.29) is 5.82 Å². The Labute approximate surface area is 235 Å². The largest absolute Gasteiger partial charge is 0.369 e. The second kappa shape index (κ2) is 10.3. The molecule has 5 aromatic heterocycles. The molecule has 1 saturated heterocycles. The van der Waals surface area contributed by atoms with Crippen molar-refractivity contribution >= 4 is 27.8 Å². The predicted molar refractivity (Wildman–Crippen MR) is 158 cm³/mol. The Hall–Kier alpha value is -4.74. The van der Waals surface area contributed by atoms with Crippen LogP contribution in [0, 0.1) is 5.82 Å². The van der Waals surface area contributed by atoms with Crippen LogP contribution in [0.4, 0.5) is 10.1 Å². The quantitative estimate of drug-likeness (QED) is 0.283. The molecule has 6 aromatic rings. The second-order valence-corrected chi connectivity index (χ2v) is 10.6. The number of hydrogen-bond acceptors (Lipinski definition) is 8. The molecule has 0 unspecified atom stereocenters. The standard InChI is InChI=1S/C30H29FN10/c1-40(2)17-18-7-20(13-33-12-18)21-10-24-28(38-39-29(24)35-14-21)30-36-26-16-34-15-25(27(26)37-30)19-8-22(31)11-23(9-19)41-5-3-32-4-6-41/h7-16,32H,3-6,17H2,1-2H3,(H,36,37)(H,35,38,39). The molecule has 41 heavy (non-hydrogen) atoms. The lowest BCUT2D eigenvalue weighted by Gasteiger charge is -2.29. The minimum atomic E-state index is -0.287. The van der Waals surface area contributed by atoms with Gasteiger partial charge in [-0.15, -0.1) is 0 Å². The first-order valence-electron chi connectivity index (χ1n) is 13.6. The van der Waals surface area contributed by atoms with E-state index in [1.165, 1.54) is 6.07 Å². The lowest BCUT2D eigenvalue weighted by Crippen LogP contribution is -2.43. The van der Waals surface area contributed by atoms with Crippen LogP contribution in [0.15, 0.2) is 61.3 Å². The summed E-state index contributed by atoms with van der Waals surface area (Å²) in [7, 11) is 4.07. The van der Waals surface area contributed by atoms with E-state index in [0.717, 1.165) is 77.1 Å². The smallest absolute Gasteiger partial charge is 0.159 e. The molecule has 11 heteroatoms. The molecule has 1 aliphatic rings. The van der Waals surface area contributed by atoms with E-state index in [9.17, 15) is 4.39 Å². The van der Waals surface area contributed by atoms with E-state index < -0.39 is 0 Å². The van der Waals surface area contributed by atoms with E-state index in [0.29, 0.717) is 22.7 Å². The zero-order valence-electron chi connectivity index (χ0n) is 22.8. The van der Waals surface area contributed by atoms with Crippen molar-refractivity contribution in [2.75, 3.05) is 45.2 Å². The highest BCUT2D eigenvalue weighted by Crippen LogP contribution is 2.34. The Bertz CT molecular complexity index is 1870. The van der Waals surface area contributed by atoms with Gasteiger partial charge in [0.15, 0.2) is 11.5 Å². The van der Waals surface area contributed by atoms with Crippen LogP contribution in [0.3, 0.4) is 0 Å². The molecule has 3 N–H and O–H groups in total. The number of imidazole rings is 1. The van der Waals surface area contributed by atoms with Gasteiger partial charge in [0.1, 0.15) is 11.5 Å². The number of aromatic nitrogens is 7. The van der Waals surface area contributed by atoms with Crippen molar-refractivity contribution < 1.29 is 4.39 Å². The van der Waals surface area contributed by atoms with Gasteiger partial charge in [-0.3, -0.25) is 15.1 Å². The number of rotatable bonds is 6. The van der Waals surface area contributed by atoms with Crippen molar-refractivity contribution in [3.8, 4) is 33.8 Å². The number of fused-ring (bicyclic) bond motifs is 2. The van der Waals surface area contributed by atoms with Crippen molar-refractivity contribution in [1.29, 1.82) is 0 Å². The molecule has 0 radical (unpaired) electrons. The Morgan fingerprint density at radius 1 is 0.902 bits per heavy atom. The third-order valence-corrected chi connectivity index (χ3v) is 7.34. The fourth-order valence-corrected chi connectivity index (χ4v) is 5.43. The highest BCUT2D eigenvalue weighted by atomic mass is 19.1. The molecule has 0 atom stereocenters. The van der Waals surface area contributed by atoms with Crippen LogP contribution >= 0.6 is 0 Å². The summed E-state index contributed by atoms with van der Waals surface area (Å²) in [5.41, 5.74) is 8.13. The molecule has 10 nitrogen and oxygen atoms in total. The summed E-state index contributed by atoms with van der Waals surface area (Å²) in [6, 6.07) is 9.32. The van der Waals surface area contributed by atoms with Gasteiger partial charge >= 0.3 is 0 Å². The first-order chi connectivity index (χ1) is 20.0. The van der Waals surface area contributed by atoms with Crippen molar-refractivity contribution in [2.24, 2.45) is 0 Å². The highest BCUT2D eigenvalue weighted by Gasteiger charge is 2.19. The Morgan fingerprint density at radius 2 is 1.73 bits per heavy atom. The van der Waals surface area contributed by atoms with E-state index in [1.807, 2.05) is 38.8 Å². The lowest BCUT2D eigenvalue weighted by atomic mass is 10.0. The minimum Gasteiger partial charge on any atom is -0.369 e. The number of pyridine rings is 3. The molecule has 1 fully saturated rings. The van der Waals surface area contributed by atoms with E-state index in [4.69, 9.17) is 4.98 Å². The maximum absolute atomic E-state index is 14.8. The molecule has 0 bridgehead atoms. The predicted octanol–water partition coefficient (Wildman–Crippen LogP) is 4.24. The summed E-state index contributed by atoms with van der Waals surface area (Å²) in [4.78, 5) is 26.1. The van der Waals surface area contributed by atoms with Crippen LogP contribution in [0.1, 0.15) is 5.56 Å². The minimum absolute atomic E-state index is 0.287. The first kappa shape index (κ1) is 25.2. The van der Waals surface area contributed by atoms with E-state index >= 15 is 0 Å². The Morgan fingerprint density at radius 3 is 2.59 bits per heavy atom. The zero-order valence-corrected chi connectivity index (χ0v) is 22.8. The molecule has 0 aliphatic carbocycles. The normalized spacial score (nSPS) is 14.0. The molecule has 1 aliphatic heterocycles. The molecule has 0 amide bonds. The van der Waals surface area contributed by atoms with Crippen molar-refractivity contribution in [3.63, 3.8) is 0 Å². The summed E-state index contributed by atoms with van der Waals surface area (Å²) in [6.45, 7) is 4.20. The first-order valence-corrected chi connectivity index (χ1v) is 13.6. The summed E-state index contributed by atoms with van der Waals surface area (Å²) in [5.74, 6) is 0.294. The van der Waals surface area contributed by atoms with E-state index in [2.05, 4.69) is 57.4 Å². The van der Waals surface area contributed by atoms with Gasteiger partial charge in [0.05, 0.1) is 22.6 Å². The molecular formula is C30H29FN10. The maximum Gasteiger partial charge on any atom is 0.159 e. The molecule has 0 spiro atoms. The summed E-state index contributed by atoms with van der Waals surface area (Å²) >= 11 is 0. The van der Waals surface area contributed by atoms with Crippen LogP contribution in [0.25, 0.3) is 55.8 Å². The van der Waals surface area contributed by atoms with Gasteiger partial charge in [-0.25, -0.2) is 14.4 Å². The molecular weight excluding hydrogens is 519 g/mol. The van der Waals surface area contributed by atoms with Gasteiger partial charge in [-0.05, 0) is 55.6 Å². The number of nitrogens with one attached hydrogen (secondary N) is 3. The van der Waals surface area contributed by atoms with Crippen molar-refractivity contribution in [3.05, 3.63) is 72.7 Å². The average Bonchev–Trinajstić information content (AvgIpc) is 3.61. The number of nitrogens with zero attached hydrogens (tertiary/aromatic N) is 7. The summed E-state index contributed by atoms with van der Waals surface area (Å²) < 4.78 is 14.8. The van der Waals surface area contributed by atoms with Crippen molar-refractivity contribution in [2.45, 2.75) is 6.54 Å². The van der Waals surface area contributed by atoms with Crippen LogP contribution in [-0.4, -0.2) is 80.3 Å². The number of hydrogen-bond donors (Lipinski definition) is 3. The number of H-pyrrole nitrogens is 2. The fraction of sp³-hybridized carbons (Fsp3) is 0.233. The van der Waals surface area contributed by atoms with Gasteiger partial charge in [-0.2, -0.15) is 5.10 Å². The van der Waals surface area contributed by atoms with Crippen molar-refractivity contribution in [1.82, 2.24) is 45.3 Å². The third kappa shape index (κ3) is 4.90. The fourth-order valence-electron chi connectivity index (χ4n) is 5.43. The monoisotopic (exact) mass is 548 g/mol. The number of piperazine rings is 1. The van der Waals surface area contributed by atoms with Gasteiger partial charge in [0.25, 0.3) is 0 Å². The van der Waals surface area contributed by atoms with Gasteiger partial charge in [-0.1, -0.05) is 0 Å². The topological polar surface area (TPSA) is 115 Å². The Kier molecular flexibility index (Phi) is 6.37.